The number of nitrogens with one attached hydrogen (secondary N) is 1. The molecule has 1 aromatic heterocycles. The van der Waals surface area contributed by atoms with Crippen molar-refractivity contribution in [3.05, 3.63) is 27.9 Å². The highest BCUT2D eigenvalue weighted by molar-refractivity contribution is 9.10. The fourth-order valence-electron chi connectivity index (χ4n) is 3.32. The van der Waals surface area contributed by atoms with Gasteiger partial charge in [-0.05, 0) is 46.0 Å². The van der Waals surface area contributed by atoms with Gasteiger partial charge in [0, 0.05) is 22.3 Å². The van der Waals surface area contributed by atoms with E-state index in [2.05, 4.69) is 26.1 Å². The number of aliphatic carboxylic acids is 1. The molecule has 1 aromatic carbocycles. The molecule has 0 saturated heterocycles. The molecule has 0 bridgehead atoms. The lowest BCUT2D eigenvalue weighted by Crippen LogP contribution is -2.43. The number of aromatic nitrogens is 2. The standard InChI is InChI=1S/C16H15BrF3N3O3/c17-12-3-8-1-2-9(4-13(24)25)15(26)23(7-16(18,19)20)6-11(8)10-5-21-22-14(10)12/h3,5,9H,1-2,4,6-7H2,(H,21,22)(H,24,25)/t9-/m0/s1. The van der Waals surface area contributed by atoms with E-state index in [0.717, 1.165) is 5.56 Å². The van der Waals surface area contributed by atoms with E-state index in [1.54, 1.807) is 6.07 Å². The molecule has 2 aromatic rings. The molecule has 0 unspecified atom stereocenters. The number of carboxylic acid groups (broad SMARTS) is 1. The van der Waals surface area contributed by atoms with Crippen molar-refractivity contribution < 1.29 is 27.9 Å². The monoisotopic (exact) mass is 433 g/mol. The first-order valence-corrected chi connectivity index (χ1v) is 8.65. The molecular formula is C16H15BrF3N3O3. The summed E-state index contributed by atoms with van der Waals surface area (Å²) in [6.07, 6.45) is -2.97. The molecule has 10 heteroatoms. The molecule has 1 aliphatic rings. The smallest absolute Gasteiger partial charge is 0.406 e. The molecule has 140 valence electrons. The van der Waals surface area contributed by atoms with Crippen LogP contribution in [-0.2, 0) is 22.6 Å². The highest BCUT2D eigenvalue weighted by atomic mass is 79.9. The summed E-state index contributed by atoms with van der Waals surface area (Å²) in [5, 5.41) is 16.4. The summed E-state index contributed by atoms with van der Waals surface area (Å²) in [6.45, 7) is -1.66. The van der Waals surface area contributed by atoms with Gasteiger partial charge in [-0.25, -0.2) is 0 Å². The number of nitrogens with zero attached hydrogens (tertiary/aromatic N) is 2. The maximum absolute atomic E-state index is 13.0. The number of halogens is 4. The van der Waals surface area contributed by atoms with Crippen molar-refractivity contribution in [3.63, 3.8) is 0 Å². The van der Waals surface area contributed by atoms with Gasteiger partial charge in [-0.2, -0.15) is 18.3 Å². The van der Waals surface area contributed by atoms with Crippen molar-refractivity contribution in [2.75, 3.05) is 6.54 Å². The first-order chi connectivity index (χ1) is 12.2. The van der Waals surface area contributed by atoms with Crippen molar-refractivity contribution in [3.8, 4) is 0 Å². The number of hydrogen-bond donors (Lipinski definition) is 2. The molecule has 26 heavy (non-hydrogen) atoms. The van der Waals surface area contributed by atoms with Crippen molar-refractivity contribution >= 4 is 38.7 Å². The molecule has 0 fully saturated rings. The van der Waals surface area contributed by atoms with Crippen molar-refractivity contribution in [1.82, 2.24) is 15.1 Å². The Hall–Kier alpha value is -2.10. The average Bonchev–Trinajstić information content (AvgIpc) is 3.00. The highest BCUT2D eigenvalue weighted by Crippen LogP contribution is 2.34. The van der Waals surface area contributed by atoms with E-state index in [1.165, 1.54) is 6.20 Å². The lowest BCUT2D eigenvalue weighted by Gasteiger charge is -2.31. The van der Waals surface area contributed by atoms with Gasteiger partial charge in [-0.15, -0.1) is 0 Å². The van der Waals surface area contributed by atoms with Crippen LogP contribution in [0.15, 0.2) is 16.7 Å². The van der Waals surface area contributed by atoms with Gasteiger partial charge < -0.3 is 10.0 Å². The fourth-order valence-corrected chi connectivity index (χ4v) is 3.90. The Labute approximate surface area is 154 Å². The highest BCUT2D eigenvalue weighted by Gasteiger charge is 2.37. The molecule has 1 amide bonds. The number of carboxylic acids is 1. The number of carbonyl (C=O) groups excluding carboxylic acids is 1. The van der Waals surface area contributed by atoms with E-state index < -0.39 is 36.9 Å². The van der Waals surface area contributed by atoms with E-state index in [9.17, 15) is 22.8 Å². The van der Waals surface area contributed by atoms with E-state index >= 15 is 0 Å². The normalized spacial score (nSPS) is 18.5. The molecule has 0 aliphatic carbocycles. The largest absolute Gasteiger partial charge is 0.481 e. The summed E-state index contributed by atoms with van der Waals surface area (Å²) in [4.78, 5) is 24.3. The van der Waals surface area contributed by atoms with Crippen LogP contribution in [0.5, 0.6) is 0 Å². The van der Waals surface area contributed by atoms with Gasteiger partial charge in [0.05, 0.1) is 18.1 Å². The van der Waals surface area contributed by atoms with Crippen molar-refractivity contribution in [2.45, 2.75) is 32.0 Å². The van der Waals surface area contributed by atoms with E-state index in [1.807, 2.05) is 0 Å². The number of benzene rings is 1. The van der Waals surface area contributed by atoms with Gasteiger partial charge in [0.1, 0.15) is 6.54 Å². The summed E-state index contributed by atoms with van der Waals surface area (Å²) in [6, 6.07) is 1.79. The summed E-state index contributed by atoms with van der Waals surface area (Å²) in [7, 11) is 0. The number of aryl methyl sites for hydroxylation is 1. The Balaban J connectivity index is 2.07. The maximum Gasteiger partial charge on any atom is 0.406 e. The van der Waals surface area contributed by atoms with E-state index in [-0.39, 0.29) is 13.0 Å². The Morgan fingerprint density at radius 2 is 2.19 bits per heavy atom. The van der Waals surface area contributed by atoms with Crippen LogP contribution in [-0.4, -0.2) is 44.8 Å². The molecule has 2 heterocycles. The van der Waals surface area contributed by atoms with Crippen LogP contribution in [0.4, 0.5) is 13.2 Å². The number of aromatic amines is 1. The third-order valence-corrected chi connectivity index (χ3v) is 5.08. The summed E-state index contributed by atoms with van der Waals surface area (Å²) < 4.78 is 39.7. The fraction of sp³-hybridized carbons (Fsp3) is 0.438. The number of fused-ring (bicyclic) bond motifs is 3. The predicted molar refractivity (Wildman–Crippen MR) is 89.3 cm³/mol. The molecular weight excluding hydrogens is 419 g/mol. The SMILES string of the molecule is O=C(O)C[C@@H]1CCc2cc(Br)c3[nH]ncc3c2CN(CC(F)(F)F)C1=O. The molecule has 6 nitrogen and oxygen atoms in total. The Morgan fingerprint density at radius 1 is 1.46 bits per heavy atom. The average molecular weight is 434 g/mol. The molecule has 2 N–H and O–H groups in total. The Morgan fingerprint density at radius 3 is 2.85 bits per heavy atom. The summed E-state index contributed by atoms with van der Waals surface area (Å²) in [5.41, 5.74) is 2.02. The third-order valence-electron chi connectivity index (χ3n) is 4.46. The topological polar surface area (TPSA) is 86.3 Å². The molecule has 0 radical (unpaired) electrons. The first kappa shape index (κ1) is 18.7. The van der Waals surface area contributed by atoms with Crippen LogP contribution < -0.4 is 0 Å². The molecule has 0 saturated carbocycles. The molecule has 1 atom stereocenters. The number of carbonyl (C=O) groups is 2. The molecule has 1 aliphatic heterocycles. The maximum atomic E-state index is 13.0. The van der Waals surface area contributed by atoms with Gasteiger partial charge in [-0.1, -0.05) is 0 Å². The second-order valence-corrected chi connectivity index (χ2v) is 7.15. The van der Waals surface area contributed by atoms with Crippen molar-refractivity contribution in [2.24, 2.45) is 5.92 Å². The number of H-pyrrole nitrogens is 1. The second-order valence-electron chi connectivity index (χ2n) is 6.30. The van der Waals surface area contributed by atoms with Gasteiger partial charge in [-0.3, -0.25) is 14.7 Å². The number of hydrogen-bond acceptors (Lipinski definition) is 3. The number of amides is 1. The van der Waals surface area contributed by atoms with E-state index in [0.29, 0.717) is 32.3 Å². The van der Waals surface area contributed by atoms with Gasteiger partial charge in [0.25, 0.3) is 0 Å². The molecule has 3 rings (SSSR count). The van der Waals surface area contributed by atoms with Crippen LogP contribution in [0.2, 0.25) is 0 Å². The zero-order valence-corrected chi connectivity index (χ0v) is 15.0. The zero-order chi connectivity index (χ0) is 19.1. The van der Waals surface area contributed by atoms with Gasteiger partial charge >= 0.3 is 12.1 Å². The number of rotatable bonds is 3. The minimum Gasteiger partial charge on any atom is -0.481 e. The first-order valence-electron chi connectivity index (χ1n) is 7.86. The van der Waals surface area contributed by atoms with E-state index in [4.69, 9.17) is 5.11 Å². The van der Waals surface area contributed by atoms with Crippen LogP contribution >= 0.6 is 15.9 Å². The minimum atomic E-state index is -4.58. The Kier molecular flexibility index (Phi) is 4.96. The van der Waals surface area contributed by atoms with Crippen LogP contribution in [0.3, 0.4) is 0 Å². The van der Waals surface area contributed by atoms with Crippen molar-refractivity contribution in [1.29, 1.82) is 0 Å². The van der Waals surface area contributed by atoms with Crippen LogP contribution in [0, 0.1) is 5.92 Å². The quantitative estimate of drug-likeness (QED) is 0.777. The number of alkyl halides is 3. The van der Waals surface area contributed by atoms with Gasteiger partial charge in [0.2, 0.25) is 5.91 Å². The Bertz CT molecular complexity index is 866. The molecule has 0 spiro atoms. The van der Waals surface area contributed by atoms with Crippen LogP contribution in [0.1, 0.15) is 24.0 Å². The zero-order valence-electron chi connectivity index (χ0n) is 13.4. The second kappa shape index (κ2) is 6.90. The lowest BCUT2D eigenvalue weighted by atomic mass is 9.89. The minimum absolute atomic E-state index is 0.169. The summed E-state index contributed by atoms with van der Waals surface area (Å²) >= 11 is 3.41. The van der Waals surface area contributed by atoms with Crippen LogP contribution in [0.25, 0.3) is 10.9 Å². The third kappa shape index (κ3) is 3.84. The lowest BCUT2D eigenvalue weighted by molar-refractivity contribution is -0.166. The summed E-state index contributed by atoms with van der Waals surface area (Å²) in [5.74, 6) is -2.97. The van der Waals surface area contributed by atoms with Gasteiger partial charge in [0.15, 0.2) is 0 Å². The predicted octanol–water partition coefficient (Wildman–Crippen LogP) is 3.25.